The molecule has 0 aromatic heterocycles. The summed E-state index contributed by atoms with van der Waals surface area (Å²) in [7, 11) is -7.93. The van der Waals surface area contributed by atoms with Gasteiger partial charge in [0, 0.05) is 19.2 Å². The molecule has 1 heterocycles. The van der Waals surface area contributed by atoms with Crippen LogP contribution in [0.3, 0.4) is 0 Å². The molecule has 3 aromatic rings. The molecule has 1 aliphatic rings. The van der Waals surface area contributed by atoms with Crippen LogP contribution < -0.4 is 0 Å². The number of imide groups is 1. The molecule has 0 fully saturated rings. The molecule has 0 spiro atoms. The summed E-state index contributed by atoms with van der Waals surface area (Å²) in [5.41, 5.74) is -1.18. The molecule has 0 saturated heterocycles. The number of sulfonamides is 2. The van der Waals surface area contributed by atoms with E-state index in [4.69, 9.17) is 0 Å². The second kappa shape index (κ2) is 8.46. The third-order valence-electron chi connectivity index (χ3n) is 5.90. The first-order valence-electron chi connectivity index (χ1n) is 10.3. The topological polar surface area (TPSA) is 109 Å². The van der Waals surface area contributed by atoms with Crippen LogP contribution in [0.25, 0.3) is 0 Å². The average Bonchev–Trinajstić information content (AvgIpc) is 2.86. The van der Waals surface area contributed by atoms with E-state index in [1.807, 2.05) is 0 Å². The summed E-state index contributed by atoms with van der Waals surface area (Å²) < 4.78 is 55.1. The van der Waals surface area contributed by atoms with Crippen molar-refractivity contribution >= 4 is 31.9 Å². The fourth-order valence-corrected chi connectivity index (χ4v) is 7.92. The normalized spacial score (nSPS) is 18.7. The number of carbonyl (C=O) groups is 2. The van der Waals surface area contributed by atoms with Gasteiger partial charge in [-0.1, -0.05) is 58.3 Å². The Morgan fingerprint density at radius 1 is 0.735 bits per heavy atom. The largest absolute Gasteiger partial charge is 0.281 e. The summed E-state index contributed by atoms with van der Waals surface area (Å²) >= 11 is 0. The van der Waals surface area contributed by atoms with Crippen LogP contribution in [0.1, 0.15) is 22.8 Å². The predicted octanol–water partition coefficient (Wildman–Crippen LogP) is 2.64. The molecule has 10 heteroatoms. The predicted molar refractivity (Wildman–Crippen MR) is 125 cm³/mol. The number of carbonyl (C=O) groups excluding carboxylic acids is 2. The van der Waals surface area contributed by atoms with E-state index in [0.29, 0.717) is 3.71 Å². The van der Waals surface area contributed by atoms with Gasteiger partial charge < -0.3 is 0 Å². The van der Waals surface area contributed by atoms with E-state index >= 15 is 0 Å². The Morgan fingerprint density at radius 2 is 1.18 bits per heavy atom. The zero-order valence-electron chi connectivity index (χ0n) is 18.5. The van der Waals surface area contributed by atoms with Crippen LogP contribution in [-0.2, 0) is 30.3 Å². The molecule has 0 unspecified atom stereocenters. The van der Waals surface area contributed by atoms with E-state index in [1.165, 1.54) is 68.6 Å². The molecule has 3 aromatic carbocycles. The molecule has 1 atom stereocenters. The van der Waals surface area contributed by atoms with Crippen molar-refractivity contribution in [3.8, 4) is 0 Å². The SMILES string of the molecule is CN1C(=O)c2ccccc2[C@@](C)(CN(S(=O)(=O)c2ccccc2)S(=O)(=O)c2ccccc2)C1=O. The summed E-state index contributed by atoms with van der Waals surface area (Å²) in [6.07, 6.45) is 0. The number of likely N-dealkylation sites (N-methyl/N-ethyl adjacent to an activating group) is 1. The molecule has 4 rings (SSSR count). The Kier molecular flexibility index (Phi) is 5.92. The van der Waals surface area contributed by atoms with Gasteiger partial charge in [0.25, 0.3) is 26.0 Å². The van der Waals surface area contributed by atoms with Gasteiger partial charge in [-0.25, -0.2) is 16.8 Å². The second-order valence-corrected chi connectivity index (χ2v) is 12.1. The lowest BCUT2D eigenvalue weighted by molar-refractivity contribution is -0.133. The van der Waals surface area contributed by atoms with Crippen LogP contribution in [0.5, 0.6) is 0 Å². The zero-order valence-corrected chi connectivity index (χ0v) is 20.1. The van der Waals surface area contributed by atoms with Crippen molar-refractivity contribution in [2.24, 2.45) is 0 Å². The van der Waals surface area contributed by atoms with E-state index < -0.39 is 43.8 Å². The van der Waals surface area contributed by atoms with Crippen LogP contribution >= 0.6 is 0 Å². The molecular weight excluding hydrogens is 476 g/mol. The Balaban J connectivity index is 1.95. The monoisotopic (exact) mass is 498 g/mol. The zero-order chi connectivity index (χ0) is 24.7. The van der Waals surface area contributed by atoms with Crippen molar-refractivity contribution in [3.05, 3.63) is 96.1 Å². The lowest BCUT2D eigenvalue weighted by atomic mass is 9.76. The highest BCUT2D eigenvalue weighted by molar-refractivity contribution is 8.04. The summed E-state index contributed by atoms with van der Waals surface area (Å²) in [5, 5.41) is 0. The highest BCUT2D eigenvalue weighted by atomic mass is 32.3. The Morgan fingerprint density at radius 3 is 1.68 bits per heavy atom. The molecule has 0 N–H and O–H groups in total. The van der Waals surface area contributed by atoms with Gasteiger partial charge in [0.2, 0.25) is 5.91 Å². The Labute approximate surface area is 198 Å². The first kappa shape index (κ1) is 23.8. The number of benzene rings is 3. The molecule has 34 heavy (non-hydrogen) atoms. The van der Waals surface area contributed by atoms with Gasteiger partial charge in [-0.15, -0.1) is 0 Å². The number of amides is 2. The fourth-order valence-electron chi connectivity index (χ4n) is 4.04. The van der Waals surface area contributed by atoms with Gasteiger partial charge in [0.1, 0.15) is 0 Å². The minimum Gasteiger partial charge on any atom is -0.281 e. The van der Waals surface area contributed by atoms with Gasteiger partial charge in [-0.2, -0.15) is 0 Å². The molecule has 0 saturated carbocycles. The van der Waals surface area contributed by atoms with Crippen molar-refractivity contribution in [1.82, 2.24) is 8.61 Å². The maximum Gasteiger partial charge on any atom is 0.260 e. The van der Waals surface area contributed by atoms with Crippen molar-refractivity contribution in [3.63, 3.8) is 0 Å². The summed E-state index contributed by atoms with van der Waals surface area (Å²) in [5.74, 6) is -1.24. The van der Waals surface area contributed by atoms with Gasteiger partial charge in [0.05, 0.1) is 15.2 Å². The molecule has 0 bridgehead atoms. The van der Waals surface area contributed by atoms with Crippen LogP contribution in [-0.4, -0.2) is 50.9 Å². The summed E-state index contributed by atoms with van der Waals surface area (Å²) in [6, 6.07) is 20.6. The van der Waals surface area contributed by atoms with Crippen molar-refractivity contribution < 1.29 is 26.4 Å². The number of hydrogen-bond donors (Lipinski definition) is 0. The van der Waals surface area contributed by atoms with Crippen molar-refractivity contribution in [1.29, 1.82) is 0 Å². The first-order valence-corrected chi connectivity index (χ1v) is 13.2. The molecular formula is C24H22N2O6S2. The fraction of sp³-hybridized carbons (Fsp3) is 0.167. The molecule has 8 nitrogen and oxygen atoms in total. The van der Waals surface area contributed by atoms with Crippen LogP contribution in [0.2, 0.25) is 0 Å². The van der Waals surface area contributed by atoms with Crippen LogP contribution in [0.15, 0.2) is 94.7 Å². The molecule has 0 radical (unpaired) electrons. The van der Waals surface area contributed by atoms with Crippen LogP contribution in [0.4, 0.5) is 0 Å². The highest BCUT2D eigenvalue weighted by Crippen LogP contribution is 2.38. The first-order chi connectivity index (χ1) is 16.0. The third-order valence-corrected chi connectivity index (χ3v) is 10.1. The Hall–Kier alpha value is -3.34. The molecule has 0 aliphatic carbocycles. The van der Waals surface area contributed by atoms with Gasteiger partial charge >= 0.3 is 0 Å². The van der Waals surface area contributed by atoms with E-state index in [-0.39, 0.29) is 20.9 Å². The van der Waals surface area contributed by atoms with E-state index in [2.05, 4.69) is 0 Å². The maximum atomic E-state index is 13.7. The average molecular weight is 499 g/mol. The van der Waals surface area contributed by atoms with E-state index in [9.17, 15) is 26.4 Å². The number of nitrogens with zero attached hydrogens (tertiary/aromatic N) is 2. The number of fused-ring (bicyclic) bond motifs is 1. The van der Waals surface area contributed by atoms with Gasteiger partial charge in [-0.3, -0.25) is 14.5 Å². The Bertz CT molecular complexity index is 1400. The summed E-state index contributed by atoms with van der Waals surface area (Å²) in [6.45, 7) is 0.722. The standard InChI is InChI=1S/C24H22N2O6S2/c1-24(21-16-10-9-15-20(21)22(27)25(2)23(24)28)17-26(33(29,30)18-11-5-3-6-12-18)34(31,32)19-13-7-4-8-14-19/h3-16H,17H2,1-2H3/t24-/m1/s1. The quantitative estimate of drug-likeness (QED) is 0.484. The van der Waals surface area contributed by atoms with E-state index in [0.717, 1.165) is 4.90 Å². The lowest BCUT2D eigenvalue weighted by Crippen LogP contribution is -2.57. The lowest BCUT2D eigenvalue weighted by Gasteiger charge is -2.40. The molecule has 2 amide bonds. The van der Waals surface area contributed by atoms with Gasteiger partial charge in [-0.05, 0) is 42.8 Å². The number of rotatable bonds is 6. The van der Waals surface area contributed by atoms with Crippen molar-refractivity contribution in [2.75, 3.05) is 13.6 Å². The third kappa shape index (κ3) is 3.73. The summed E-state index contributed by atoms with van der Waals surface area (Å²) in [4.78, 5) is 26.5. The number of hydrogen-bond acceptors (Lipinski definition) is 6. The smallest absolute Gasteiger partial charge is 0.260 e. The van der Waals surface area contributed by atoms with E-state index in [1.54, 1.807) is 30.3 Å². The molecule has 1 aliphatic heterocycles. The van der Waals surface area contributed by atoms with Crippen molar-refractivity contribution in [2.45, 2.75) is 22.1 Å². The minimum absolute atomic E-state index is 0.210. The highest BCUT2D eigenvalue weighted by Gasteiger charge is 2.51. The maximum absolute atomic E-state index is 13.7. The molecule has 176 valence electrons. The van der Waals surface area contributed by atoms with Gasteiger partial charge in [0.15, 0.2) is 0 Å². The second-order valence-electron chi connectivity index (χ2n) is 8.11. The minimum atomic E-state index is -4.61. The van der Waals surface area contributed by atoms with Crippen LogP contribution in [0, 0.1) is 0 Å².